The fraction of sp³-hybridized carbons (Fsp3) is 0.214. The molecule has 0 amide bonds. The molecular formula is C14H16N2O4S. The highest BCUT2D eigenvalue weighted by molar-refractivity contribution is 7.92. The Morgan fingerprint density at radius 3 is 2.48 bits per heavy atom. The highest BCUT2D eigenvalue weighted by atomic mass is 32.2. The monoisotopic (exact) mass is 308 g/mol. The summed E-state index contributed by atoms with van der Waals surface area (Å²) >= 11 is 0. The summed E-state index contributed by atoms with van der Waals surface area (Å²) in [5.74, 6) is 0.727. The van der Waals surface area contributed by atoms with Gasteiger partial charge in [-0.15, -0.1) is 0 Å². The number of hydrogen-bond donors (Lipinski definition) is 1. The number of anilines is 1. The average molecular weight is 308 g/mol. The first-order chi connectivity index (χ1) is 9.96. The number of methoxy groups -OCH3 is 2. The maximum absolute atomic E-state index is 12.4. The van der Waals surface area contributed by atoms with Gasteiger partial charge in [0.15, 0.2) is 0 Å². The van der Waals surface area contributed by atoms with Crippen molar-refractivity contribution in [2.24, 2.45) is 0 Å². The summed E-state index contributed by atoms with van der Waals surface area (Å²) in [6.45, 7) is 1.83. The van der Waals surface area contributed by atoms with Crippen LogP contribution < -0.4 is 14.2 Å². The number of sulfonamides is 1. The Morgan fingerprint density at radius 2 is 1.86 bits per heavy atom. The van der Waals surface area contributed by atoms with Crippen molar-refractivity contribution in [2.75, 3.05) is 18.9 Å². The largest absolute Gasteiger partial charge is 0.497 e. The van der Waals surface area contributed by atoms with Crippen LogP contribution in [0.1, 0.15) is 5.56 Å². The summed E-state index contributed by atoms with van der Waals surface area (Å²) < 4.78 is 37.5. The van der Waals surface area contributed by atoms with Gasteiger partial charge in [-0.2, -0.15) is 0 Å². The van der Waals surface area contributed by atoms with Crippen molar-refractivity contribution in [3.05, 3.63) is 42.2 Å². The SMILES string of the molecule is COc1ccc(S(=O)(=O)Nc2cncc(C)c2)c(OC)c1. The average Bonchev–Trinajstić information content (AvgIpc) is 2.46. The third kappa shape index (κ3) is 3.43. The number of rotatable bonds is 5. The lowest BCUT2D eigenvalue weighted by Gasteiger charge is -2.12. The molecule has 0 saturated carbocycles. The standard InChI is InChI=1S/C14H16N2O4S/c1-10-6-11(9-15-8-10)16-21(17,18)14-5-4-12(19-2)7-13(14)20-3/h4-9,16H,1-3H3. The second-order valence-corrected chi connectivity index (χ2v) is 6.02. The molecule has 6 nitrogen and oxygen atoms in total. The van der Waals surface area contributed by atoms with Gasteiger partial charge in [-0.25, -0.2) is 8.42 Å². The van der Waals surface area contributed by atoms with Crippen molar-refractivity contribution in [1.29, 1.82) is 0 Å². The molecule has 112 valence electrons. The lowest BCUT2D eigenvalue weighted by molar-refractivity contribution is 0.386. The Hall–Kier alpha value is -2.28. The smallest absolute Gasteiger partial charge is 0.265 e. The molecule has 1 aromatic carbocycles. The van der Waals surface area contributed by atoms with E-state index in [0.29, 0.717) is 11.4 Å². The minimum absolute atomic E-state index is 0.0345. The number of aryl methyl sites for hydroxylation is 1. The molecule has 0 aliphatic rings. The summed E-state index contributed by atoms with van der Waals surface area (Å²) in [6, 6.07) is 6.21. The molecule has 1 heterocycles. The van der Waals surface area contributed by atoms with Crippen LogP contribution in [0.15, 0.2) is 41.6 Å². The minimum atomic E-state index is -3.77. The van der Waals surface area contributed by atoms with E-state index in [-0.39, 0.29) is 10.6 Å². The van der Waals surface area contributed by atoms with Gasteiger partial charge in [0.2, 0.25) is 0 Å². The molecule has 1 aromatic heterocycles. The van der Waals surface area contributed by atoms with E-state index in [1.807, 2.05) is 6.92 Å². The van der Waals surface area contributed by atoms with Gasteiger partial charge in [-0.05, 0) is 30.7 Å². The zero-order chi connectivity index (χ0) is 15.5. The fourth-order valence-corrected chi connectivity index (χ4v) is 3.00. The van der Waals surface area contributed by atoms with Crippen molar-refractivity contribution < 1.29 is 17.9 Å². The van der Waals surface area contributed by atoms with Crippen LogP contribution in [0.3, 0.4) is 0 Å². The van der Waals surface area contributed by atoms with Gasteiger partial charge < -0.3 is 9.47 Å². The molecule has 0 radical (unpaired) electrons. The van der Waals surface area contributed by atoms with E-state index < -0.39 is 10.0 Å². The maximum Gasteiger partial charge on any atom is 0.265 e. The number of nitrogens with zero attached hydrogens (tertiary/aromatic N) is 1. The first kappa shape index (κ1) is 15.1. The second-order valence-electron chi connectivity index (χ2n) is 4.37. The molecule has 21 heavy (non-hydrogen) atoms. The third-order valence-electron chi connectivity index (χ3n) is 2.79. The molecule has 7 heteroatoms. The van der Waals surface area contributed by atoms with Crippen LogP contribution in [-0.2, 0) is 10.0 Å². The van der Waals surface area contributed by atoms with E-state index in [1.54, 1.807) is 18.3 Å². The predicted molar refractivity (Wildman–Crippen MR) is 79.3 cm³/mol. The molecule has 2 rings (SSSR count). The highest BCUT2D eigenvalue weighted by Crippen LogP contribution is 2.29. The summed E-state index contributed by atoms with van der Waals surface area (Å²) in [5, 5.41) is 0. The number of nitrogens with one attached hydrogen (secondary N) is 1. The highest BCUT2D eigenvalue weighted by Gasteiger charge is 2.20. The van der Waals surface area contributed by atoms with Crippen molar-refractivity contribution in [3.8, 4) is 11.5 Å². The van der Waals surface area contributed by atoms with Crippen LogP contribution in [0, 0.1) is 6.92 Å². The molecule has 0 unspecified atom stereocenters. The fourth-order valence-electron chi connectivity index (χ4n) is 1.82. The zero-order valence-electron chi connectivity index (χ0n) is 12.0. The molecule has 1 N–H and O–H groups in total. The summed E-state index contributed by atoms with van der Waals surface area (Å²) in [6.07, 6.45) is 3.09. The molecule has 0 fully saturated rings. The molecule has 0 bridgehead atoms. The van der Waals surface area contributed by atoms with Crippen LogP contribution in [0.4, 0.5) is 5.69 Å². The normalized spacial score (nSPS) is 11.0. The lowest BCUT2D eigenvalue weighted by atomic mass is 10.3. The van der Waals surface area contributed by atoms with Gasteiger partial charge >= 0.3 is 0 Å². The Balaban J connectivity index is 2.40. The Morgan fingerprint density at radius 1 is 1.10 bits per heavy atom. The van der Waals surface area contributed by atoms with E-state index in [9.17, 15) is 8.42 Å². The number of pyridine rings is 1. The molecule has 0 atom stereocenters. The number of aromatic nitrogens is 1. The summed E-state index contributed by atoms with van der Waals surface area (Å²) in [4.78, 5) is 3.99. The summed E-state index contributed by atoms with van der Waals surface area (Å²) in [5.41, 5.74) is 1.25. The van der Waals surface area contributed by atoms with Gasteiger partial charge in [0.1, 0.15) is 16.4 Å². The third-order valence-corrected chi connectivity index (χ3v) is 4.21. The van der Waals surface area contributed by atoms with E-state index in [0.717, 1.165) is 5.56 Å². The quantitative estimate of drug-likeness (QED) is 0.916. The van der Waals surface area contributed by atoms with Crippen LogP contribution >= 0.6 is 0 Å². The van der Waals surface area contributed by atoms with E-state index in [4.69, 9.17) is 9.47 Å². The minimum Gasteiger partial charge on any atom is -0.497 e. The maximum atomic E-state index is 12.4. The van der Waals surface area contributed by atoms with Crippen LogP contribution in [-0.4, -0.2) is 27.6 Å². The predicted octanol–water partition coefficient (Wildman–Crippen LogP) is 2.21. The van der Waals surface area contributed by atoms with Crippen molar-refractivity contribution in [2.45, 2.75) is 11.8 Å². The van der Waals surface area contributed by atoms with Crippen molar-refractivity contribution in [1.82, 2.24) is 4.98 Å². The molecular weight excluding hydrogens is 292 g/mol. The Labute approximate surface area is 123 Å². The first-order valence-corrected chi connectivity index (χ1v) is 7.61. The van der Waals surface area contributed by atoms with E-state index >= 15 is 0 Å². The van der Waals surface area contributed by atoms with Crippen LogP contribution in [0.2, 0.25) is 0 Å². The van der Waals surface area contributed by atoms with Gasteiger partial charge in [0.25, 0.3) is 10.0 Å². The van der Waals surface area contributed by atoms with E-state index in [2.05, 4.69) is 9.71 Å². The van der Waals surface area contributed by atoms with Crippen LogP contribution in [0.25, 0.3) is 0 Å². The molecule has 2 aromatic rings. The Bertz CT molecular complexity index is 744. The molecule has 0 aliphatic heterocycles. The Kier molecular flexibility index (Phi) is 4.32. The molecule has 0 saturated heterocycles. The van der Waals surface area contributed by atoms with Gasteiger partial charge in [-0.1, -0.05) is 0 Å². The van der Waals surface area contributed by atoms with E-state index in [1.165, 1.54) is 32.5 Å². The number of hydrogen-bond acceptors (Lipinski definition) is 5. The molecule has 0 aliphatic carbocycles. The number of benzene rings is 1. The lowest BCUT2D eigenvalue weighted by Crippen LogP contribution is -2.14. The van der Waals surface area contributed by atoms with Crippen molar-refractivity contribution in [3.63, 3.8) is 0 Å². The topological polar surface area (TPSA) is 77.5 Å². The van der Waals surface area contributed by atoms with Gasteiger partial charge in [0.05, 0.1) is 26.1 Å². The number of ether oxygens (including phenoxy) is 2. The first-order valence-electron chi connectivity index (χ1n) is 6.13. The van der Waals surface area contributed by atoms with Gasteiger partial charge in [0, 0.05) is 12.3 Å². The van der Waals surface area contributed by atoms with Gasteiger partial charge in [-0.3, -0.25) is 9.71 Å². The summed E-state index contributed by atoms with van der Waals surface area (Å²) in [7, 11) is -0.864. The zero-order valence-corrected chi connectivity index (χ0v) is 12.8. The second kappa shape index (κ2) is 6.01. The van der Waals surface area contributed by atoms with Crippen LogP contribution in [0.5, 0.6) is 11.5 Å². The van der Waals surface area contributed by atoms with Crippen molar-refractivity contribution >= 4 is 15.7 Å². The molecule has 0 spiro atoms.